The van der Waals surface area contributed by atoms with Crippen molar-refractivity contribution in [3.8, 4) is 0 Å². The first-order valence-electron chi connectivity index (χ1n) is 7.70. The predicted molar refractivity (Wildman–Crippen MR) is 77.9 cm³/mol. The molecule has 0 aliphatic heterocycles. The Hall–Kier alpha value is -0.120. The lowest BCUT2D eigenvalue weighted by atomic mass is 10.1. The molecule has 0 heterocycles. The van der Waals surface area contributed by atoms with Gasteiger partial charge >= 0.3 is 0 Å². The molecule has 3 heteroatoms. The third kappa shape index (κ3) is 6.17. The highest BCUT2D eigenvalue weighted by Crippen LogP contribution is 2.21. The van der Waals surface area contributed by atoms with E-state index in [2.05, 4.69) is 31.1 Å². The fourth-order valence-corrected chi connectivity index (χ4v) is 2.94. The van der Waals surface area contributed by atoms with Crippen molar-refractivity contribution in [1.82, 2.24) is 10.2 Å². The van der Waals surface area contributed by atoms with E-state index >= 15 is 0 Å². The second kappa shape index (κ2) is 8.89. The highest BCUT2D eigenvalue weighted by molar-refractivity contribution is 4.75. The molecule has 1 fully saturated rings. The first kappa shape index (κ1) is 15.9. The molecule has 1 atom stereocenters. The minimum atomic E-state index is 0.247. The zero-order valence-electron chi connectivity index (χ0n) is 12.5. The summed E-state index contributed by atoms with van der Waals surface area (Å²) >= 11 is 0. The van der Waals surface area contributed by atoms with E-state index in [0.29, 0.717) is 6.04 Å². The minimum absolute atomic E-state index is 0.247. The summed E-state index contributed by atoms with van der Waals surface area (Å²) in [7, 11) is 2.25. The molecule has 1 aliphatic carbocycles. The van der Waals surface area contributed by atoms with Crippen LogP contribution in [0.5, 0.6) is 0 Å². The largest absolute Gasteiger partial charge is 0.395 e. The van der Waals surface area contributed by atoms with Crippen LogP contribution >= 0.6 is 0 Å². The first-order valence-corrected chi connectivity index (χ1v) is 7.70. The molecule has 18 heavy (non-hydrogen) atoms. The highest BCUT2D eigenvalue weighted by Gasteiger charge is 2.18. The van der Waals surface area contributed by atoms with E-state index in [0.717, 1.165) is 19.0 Å². The maximum Gasteiger partial charge on any atom is 0.0585 e. The fourth-order valence-electron chi connectivity index (χ4n) is 2.94. The smallest absolute Gasteiger partial charge is 0.0585 e. The van der Waals surface area contributed by atoms with Gasteiger partial charge in [0.2, 0.25) is 0 Å². The van der Waals surface area contributed by atoms with E-state index in [-0.39, 0.29) is 12.6 Å². The molecule has 0 amide bonds. The van der Waals surface area contributed by atoms with Crippen LogP contribution in [0.3, 0.4) is 0 Å². The standard InChI is InChI=1S/C15H32N2O/c1-13(2)16-14(12-18)10-11-17(3)15-8-6-4-5-7-9-15/h13-16,18H,4-12H2,1-3H3. The minimum Gasteiger partial charge on any atom is -0.395 e. The summed E-state index contributed by atoms with van der Waals surface area (Å²) in [6, 6.07) is 1.47. The first-order chi connectivity index (χ1) is 8.63. The molecule has 0 bridgehead atoms. The average molecular weight is 256 g/mol. The number of aliphatic hydroxyl groups is 1. The number of rotatable bonds is 7. The lowest BCUT2D eigenvalue weighted by Gasteiger charge is -2.29. The third-order valence-electron chi connectivity index (χ3n) is 4.07. The number of nitrogens with zero attached hydrogens (tertiary/aromatic N) is 1. The molecular weight excluding hydrogens is 224 g/mol. The maximum absolute atomic E-state index is 9.36. The van der Waals surface area contributed by atoms with Gasteiger partial charge in [0.25, 0.3) is 0 Å². The molecule has 1 saturated carbocycles. The zero-order chi connectivity index (χ0) is 13.4. The molecule has 0 spiro atoms. The average Bonchev–Trinajstić information content (AvgIpc) is 2.62. The van der Waals surface area contributed by atoms with Crippen LogP contribution in [0.1, 0.15) is 58.8 Å². The quantitative estimate of drug-likeness (QED) is 0.687. The SMILES string of the molecule is CC(C)NC(CO)CCN(C)C1CCCCCC1. The van der Waals surface area contributed by atoms with E-state index < -0.39 is 0 Å². The Morgan fingerprint density at radius 1 is 1.17 bits per heavy atom. The van der Waals surface area contributed by atoms with E-state index in [9.17, 15) is 5.11 Å². The van der Waals surface area contributed by atoms with Crippen molar-refractivity contribution in [2.45, 2.75) is 76.9 Å². The van der Waals surface area contributed by atoms with Gasteiger partial charge in [-0.05, 0) is 32.9 Å². The normalized spacial score (nSPS) is 20.3. The van der Waals surface area contributed by atoms with Gasteiger partial charge in [-0.25, -0.2) is 0 Å². The molecule has 2 N–H and O–H groups in total. The Morgan fingerprint density at radius 3 is 2.28 bits per heavy atom. The van der Waals surface area contributed by atoms with Crippen molar-refractivity contribution >= 4 is 0 Å². The van der Waals surface area contributed by atoms with Crippen LogP contribution in [0, 0.1) is 0 Å². The molecule has 0 aromatic rings. The molecule has 1 rings (SSSR count). The van der Waals surface area contributed by atoms with Crippen LogP contribution in [0.2, 0.25) is 0 Å². The molecular formula is C15H32N2O. The Labute approximate surface area is 113 Å². The van der Waals surface area contributed by atoms with Gasteiger partial charge in [0, 0.05) is 18.1 Å². The zero-order valence-corrected chi connectivity index (χ0v) is 12.5. The van der Waals surface area contributed by atoms with Gasteiger partial charge in [0.1, 0.15) is 0 Å². The summed E-state index contributed by atoms with van der Waals surface area (Å²) in [5, 5.41) is 12.8. The van der Waals surface area contributed by atoms with Gasteiger partial charge in [0.15, 0.2) is 0 Å². The lowest BCUT2D eigenvalue weighted by Crippen LogP contribution is -2.41. The summed E-state index contributed by atoms with van der Waals surface area (Å²) in [4.78, 5) is 2.51. The van der Waals surface area contributed by atoms with Gasteiger partial charge in [-0.2, -0.15) is 0 Å². The summed E-state index contributed by atoms with van der Waals surface area (Å²) in [6.07, 6.45) is 9.37. The Balaban J connectivity index is 2.27. The molecule has 1 aliphatic rings. The Morgan fingerprint density at radius 2 is 1.78 bits per heavy atom. The molecule has 1 unspecified atom stereocenters. The van der Waals surface area contributed by atoms with Crippen molar-refractivity contribution in [2.75, 3.05) is 20.2 Å². The van der Waals surface area contributed by atoms with Crippen molar-refractivity contribution in [1.29, 1.82) is 0 Å². The van der Waals surface area contributed by atoms with Crippen LogP contribution in [0.25, 0.3) is 0 Å². The van der Waals surface area contributed by atoms with E-state index in [4.69, 9.17) is 0 Å². The molecule has 3 nitrogen and oxygen atoms in total. The second-order valence-electron chi connectivity index (χ2n) is 6.12. The molecule has 0 aromatic carbocycles. The Kier molecular flexibility index (Phi) is 7.87. The van der Waals surface area contributed by atoms with Crippen LogP contribution in [-0.4, -0.2) is 48.3 Å². The van der Waals surface area contributed by atoms with E-state index in [1.54, 1.807) is 0 Å². The number of aliphatic hydroxyl groups excluding tert-OH is 1. The second-order valence-corrected chi connectivity index (χ2v) is 6.12. The number of hydrogen-bond donors (Lipinski definition) is 2. The van der Waals surface area contributed by atoms with Crippen LogP contribution in [0.15, 0.2) is 0 Å². The fraction of sp³-hybridized carbons (Fsp3) is 1.00. The molecule has 108 valence electrons. The van der Waals surface area contributed by atoms with Crippen LogP contribution in [-0.2, 0) is 0 Å². The summed E-state index contributed by atoms with van der Waals surface area (Å²) < 4.78 is 0. The highest BCUT2D eigenvalue weighted by atomic mass is 16.3. The van der Waals surface area contributed by atoms with Crippen molar-refractivity contribution in [2.24, 2.45) is 0 Å². The van der Waals surface area contributed by atoms with Gasteiger partial charge < -0.3 is 15.3 Å². The summed E-state index contributed by atoms with van der Waals surface area (Å²) in [5.74, 6) is 0. The van der Waals surface area contributed by atoms with E-state index in [1.807, 2.05) is 0 Å². The summed E-state index contributed by atoms with van der Waals surface area (Å²) in [6.45, 7) is 5.61. The van der Waals surface area contributed by atoms with Crippen molar-refractivity contribution < 1.29 is 5.11 Å². The molecule has 0 aromatic heterocycles. The maximum atomic E-state index is 9.36. The van der Waals surface area contributed by atoms with Gasteiger partial charge in [0.05, 0.1) is 6.61 Å². The van der Waals surface area contributed by atoms with E-state index in [1.165, 1.54) is 38.5 Å². The lowest BCUT2D eigenvalue weighted by molar-refractivity contribution is 0.181. The number of nitrogens with one attached hydrogen (secondary N) is 1. The Bertz CT molecular complexity index is 201. The van der Waals surface area contributed by atoms with Crippen molar-refractivity contribution in [3.05, 3.63) is 0 Å². The molecule has 0 radical (unpaired) electrons. The monoisotopic (exact) mass is 256 g/mol. The van der Waals surface area contributed by atoms with Crippen LogP contribution < -0.4 is 5.32 Å². The van der Waals surface area contributed by atoms with Gasteiger partial charge in [-0.3, -0.25) is 0 Å². The topological polar surface area (TPSA) is 35.5 Å². The summed E-state index contributed by atoms with van der Waals surface area (Å²) in [5.41, 5.74) is 0. The van der Waals surface area contributed by atoms with Crippen molar-refractivity contribution in [3.63, 3.8) is 0 Å². The van der Waals surface area contributed by atoms with Gasteiger partial charge in [-0.1, -0.05) is 39.5 Å². The third-order valence-corrected chi connectivity index (χ3v) is 4.07. The van der Waals surface area contributed by atoms with Crippen LogP contribution in [0.4, 0.5) is 0 Å². The molecule has 0 saturated heterocycles. The van der Waals surface area contributed by atoms with Gasteiger partial charge in [-0.15, -0.1) is 0 Å². The number of hydrogen-bond acceptors (Lipinski definition) is 3. The predicted octanol–water partition coefficient (Wildman–Crippen LogP) is 2.39.